The number of sulfonamides is 1. The van der Waals surface area contributed by atoms with Gasteiger partial charge in [-0.2, -0.15) is 0 Å². The van der Waals surface area contributed by atoms with E-state index in [0.717, 1.165) is 37.7 Å². The summed E-state index contributed by atoms with van der Waals surface area (Å²) >= 11 is 0. The molecule has 174 valence electrons. The van der Waals surface area contributed by atoms with Crippen molar-refractivity contribution in [2.24, 2.45) is 5.92 Å². The van der Waals surface area contributed by atoms with Crippen molar-refractivity contribution in [3.05, 3.63) is 60.2 Å². The molecular weight excluding hydrogens is 440 g/mol. The Kier molecular flexibility index (Phi) is 5.64. The van der Waals surface area contributed by atoms with Crippen molar-refractivity contribution in [2.75, 3.05) is 4.31 Å². The molecule has 0 radical (unpaired) electrons. The average Bonchev–Trinajstić information content (AvgIpc) is 3.53. The standard InChI is InChI=1S/C25H28N2O5S/c28-23(15-16-24(29)30)26(17-13-14-17)25-19-9-4-5-11-21(19)27(22-12-6-10-20(22)25)33(31,32)18-7-2-1-3-8-18/h1-5,7-9,11,17,20,22,25H,6,10,12-16H2,(H,29,30)/t20-,22+,25-/m0/s1. The monoisotopic (exact) mass is 468 g/mol. The molecule has 1 N–H and O–H groups in total. The molecule has 2 aromatic carbocycles. The summed E-state index contributed by atoms with van der Waals surface area (Å²) in [7, 11) is -3.77. The summed E-state index contributed by atoms with van der Waals surface area (Å²) in [6.45, 7) is 0. The summed E-state index contributed by atoms with van der Waals surface area (Å²) in [4.78, 5) is 26.5. The Balaban J connectivity index is 1.60. The average molecular weight is 469 g/mol. The van der Waals surface area contributed by atoms with Crippen molar-refractivity contribution in [1.82, 2.24) is 4.90 Å². The quantitative estimate of drug-likeness (QED) is 0.664. The topological polar surface area (TPSA) is 95.0 Å². The molecule has 1 amide bonds. The van der Waals surface area contributed by atoms with E-state index in [9.17, 15) is 18.0 Å². The molecule has 2 fully saturated rings. The molecule has 5 rings (SSSR count). The highest BCUT2D eigenvalue weighted by atomic mass is 32.2. The van der Waals surface area contributed by atoms with E-state index in [1.165, 1.54) is 0 Å². The summed E-state index contributed by atoms with van der Waals surface area (Å²) in [6.07, 6.45) is 4.04. The van der Waals surface area contributed by atoms with E-state index >= 15 is 0 Å². The van der Waals surface area contributed by atoms with Crippen molar-refractivity contribution in [3.8, 4) is 0 Å². The molecule has 0 bridgehead atoms. The smallest absolute Gasteiger partial charge is 0.303 e. The van der Waals surface area contributed by atoms with Crippen LogP contribution in [0, 0.1) is 5.92 Å². The molecule has 2 aromatic rings. The summed E-state index contributed by atoms with van der Waals surface area (Å²) in [5.41, 5.74) is 1.47. The van der Waals surface area contributed by atoms with Crippen molar-refractivity contribution in [3.63, 3.8) is 0 Å². The zero-order valence-electron chi connectivity index (χ0n) is 18.3. The number of rotatable bonds is 7. The number of carboxylic acids is 1. The second kappa shape index (κ2) is 8.48. The molecule has 0 unspecified atom stereocenters. The van der Waals surface area contributed by atoms with E-state index in [-0.39, 0.29) is 47.7 Å². The van der Waals surface area contributed by atoms with Gasteiger partial charge in [0.15, 0.2) is 0 Å². The summed E-state index contributed by atoms with van der Waals surface area (Å²) in [6, 6.07) is 15.6. The number of hydrogen-bond acceptors (Lipinski definition) is 4. The molecule has 7 nitrogen and oxygen atoms in total. The minimum atomic E-state index is -3.77. The number of amides is 1. The van der Waals surface area contributed by atoms with Gasteiger partial charge in [0.1, 0.15) is 0 Å². The maximum Gasteiger partial charge on any atom is 0.303 e. The number of para-hydroxylation sites is 1. The fourth-order valence-electron chi connectivity index (χ4n) is 5.63. The Morgan fingerprint density at radius 1 is 0.939 bits per heavy atom. The first-order chi connectivity index (χ1) is 15.9. The molecule has 2 saturated carbocycles. The van der Waals surface area contributed by atoms with Gasteiger partial charge >= 0.3 is 5.97 Å². The second-order valence-electron chi connectivity index (χ2n) is 9.21. The van der Waals surface area contributed by atoms with E-state index in [1.54, 1.807) is 34.6 Å². The molecule has 1 aliphatic heterocycles. The van der Waals surface area contributed by atoms with E-state index in [0.29, 0.717) is 5.69 Å². The predicted octanol–water partition coefficient (Wildman–Crippen LogP) is 3.96. The molecular formula is C25H28N2O5S. The van der Waals surface area contributed by atoms with Gasteiger partial charge in [-0.05, 0) is 49.4 Å². The van der Waals surface area contributed by atoms with Crippen LogP contribution in [0.1, 0.15) is 56.6 Å². The number of carbonyl (C=O) groups is 2. The first-order valence-electron chi connectivity index (χ1n) is 11.6. The van der Waals surface area contributed by atoms with E-state index in [2.05, 4.69) is 0 Å². The highest BCUT2D eigenvalue weighted by molar-refractivity contribution is 7.92. The lowest BCUT2D eigenvalue weighted by molar-refractivity contribution is -0.142. The Hall–Kier alpha value is -2.87. The van der Waals surface area contributed by atoms with Crippen molar-refractivity contribution >= 4 is 27.6 Å². The van der Waals surface area contributed by atoms with Crippen molar-refractivity contribution < 1.29 is 23.1 Å². The minimum absolute atomic E-state index is 0.0206. The van der Waals surface area contributed by atoms with Crippen LogP contribution < -0.4 is 4.31 Å². The van der Waals surface area contributed by atoms with Crippen LogP contribution in [0.2, 0.25) is 0 Å². The van der Waals surface area contributed by atoms with Crippen molar-refractivity contribution in [2.45, 2.75) is 68.0 Å². The van der Waals surface area contributed by atoms with Crippen LogP contribution in [0.15, 0.2) is 59.5 Å². The maximum absolute atomic E-state index is 13.8. The van der Waals surface area contributed by atoms with Gasteiger partial charge in [-0.1, -0.05) is 42.8 Å². The molecule has 0 spiro atoms. The number of anilines is 1. The van der Waals surface area contributed by atoms with Gasteiger partial charge in [-0.15, -0.1) is 0 Å². The van der Waals surface area contributed by atoms with Gasteiger partial charge in [0.2, 0.25) is 5.91 Å². The SMILES string of the molecule is O=C(O)CCC(=O)N(C1CC1)[C@H]1c2ccccc2N(S(=O)(=O)c2ccccc2)[C@@H]2CCC[C@@H]21. The Bertz CT molecular complexity index is 1160. The molecule has 3 aliphatic rings. The maximum atomic E-state index is 13.8. The van der Waals surface area contributed by atoms with Gasteiger partial charge in [-0.25, -0.2) is 8.42 Å². The first-order valence-corrected chi connectivity index (χ1v) is 13.0. The molecule has 0 aromatic heterocycles. The molecule has 8 heteroatoms. The first kappa shape index (κ1) is 21.9. The Labute approximate surface area is 194 Å². The lowest BCUT2D eigenvalue weighted by atomic mass is 9.82. The Morgan fingerprint density at radius 2 is 1.64 bits per heavy atom. The molecule has 1 heterocycles. The molecule has 2 aliphatic carbocycles. The fourth-order valence-corrected chi connectivity index (χ4v) is 7.40. The zero-order chi connectivity index (χ0) is 23.2. The van der Waals surface area contributed by atoms with Gasteiger partial charge in [0, 0.05) is 18.4 Å². The van der Waals surface area contributed by atoms with Crippen LogP contribution in [-0.2, 0) is 19.6 Å². The van der Waals surface area contributed by atoms with Crippen LogP contribution in [0.5, 0.6) is 0 Å². The Morgan fingerprint density at radius 3 is 2.33 bits per heavy atom. The number of nitrogens with zero attached hydrogens (tertiary/aromatic N) is 2. The molecule has 0 saturated heterocycles. The van der Waals surface area contributed by atoms with Gasteiger partial charge in [0.05, 0.1) is 29.1 Å². The van der Waals surface area contributed by atoms with Crippen LogP contribution in [0.3, 0.4) is 0 Å². The number of carboxylic acid groups (broad SMARTS) is 1. The predicted molar refractivity (Wildman–Crippen MR) is 123 cm³/mol. The van der Waals surface area contributed by atoms with Crippen LogP contribution >= 0.6 is 0 Å². The van der Waals surface area contributed by atoms with E-state index in [4.69, 9.17) is 5.11 Å². The number of aliphatic carboxylic acids is 1. The van der Waals surface area contributed by atoms with Gasteiger partial charge in [0.25, 0.3) is 10.0 Å². The third kappa shape index (κ3) is 3.90. The van der Waals surface area contributed by atoms with Gasteiger partial charge < -0.3 is 10.0 Å². The zero-order valence-corrected chi connectivity index (χ0v) is 19.2. The lowest BCUT2D eigenvalue weighted by Crippen LogP contribution is -2.52. The van der Waals surface area contributed by atoms with Crippen molar-refractivity contribution in [1.29, 1.82) is 0 Å². The van der Waals surface area contributed by atoms with Gasteiger partial charge in [-0.3, -0.25) is 13.9 Å². The molecule has 3 atom stereocenters. The second-order valence-corrected chi connectivity index (χ2v) is 11.0. The number of hydrogen-bond donors (Lipinski definition) is 1. The van der Waals surface area contributed by atoms with E-state index < -0.39 is 16.0 Å². The molecule has 33 heavy (non-hydrogen) atoms. The fraction of sp³-hybridized carbons (Fsp3) is 0.440. The van der Waals surface area contributed by atoms with Crippen LogP contribution in [0.25, 0.3) is 0 Å². The summed E-state index contributed by atoms with van der Waals surface area (Å²) in [5.74, 6) is -1.15. The third-order valence-corrected chi connectivity index (χ3v) is 8.97. The third-order valence-electron chi connectivity index (χ3n) is 7.11. The van der Waals surface area contributed by atoms with Crippen LogP contribution in [-0.4, -0.2) is 42.4 Å². The number of fused-ring (bicyclic) bond motifs is 2. The lowest BCUT2D eigenvalue weighted by Gasteiger charge is -2.48. The number of carbonyl (C=O) groups excluding carboxylic acids is 1. The summed E-state index contributed by atoms with van der Waals surface area (Å²) < 4.78 is 29.2. The highest BCUT2D eigenvalue weighted by Crippen LogP contribution is 2.53. The largest absolute Gasteiger partial charge is 0.481 e. The van der Waals surface area contributed by atoms with Crippen LogP contribution in [0.4, 0.5) is 5.69 Å². The van der Waals surface area contributed by atoms with E-state index in [1.807, 2.05) is 29.2 Å². The minimum Gasteiger partial charge on any atom is -0.481 e. The normalized spacial score (nSPS) is 24.1. The summed E-state index contributed by atoms with van der Waals surface area (Å²) in [5, 5.41) is 9.11. The highest BCUT2D eigenvalue weighted by Gasteiger charge is 2.52. The number of benzene rings is 2.